The van der Waals surface area contributed by atoms with Crippen LogP contribution in [0.15, 0.2) is 18.2 Å². The molecule has 2 rings (SSSR count). The van der Waals surface area contributed by atoms with E-state index in [4.69, 9.17) is 5.26 Å². The summed E-state index contributed by atoms with van der Waals surface area (Å²) in [5, 5.41) is 12.3. The maximum absolute atomic E-state index is 13.0. The molecule has 0 bridgehead atoms. The van der Waals surface area contributed by atoms with E-state index in [0.717, 1.165) is 25.3 Å². The third-order valence-electron chi connectivity index (χ3n) is 2.79. The Bertz CT molecular complexity index is 425. The summed E-state index contributed by atoms with van der Waals surface area (Å²) in [7, 11) is 0. The third kappa shape index (κ3) is 2.15. The Morgan fingerprint density at radius 3 is 3.06 bits per heavy atom. The van der Waals surface area contributed by atoms with Crippen molar-refractivity contribution < 1.29 is 4.39 Å². The molecule has 1 saturated heterocycles. The van der Waals surface area contributed by atoms with Gasteiger partial charge in [0.15, 0.2) is 0 Å². The highest BCUT2D eigenvalue weighted by molar-refractivity contribution is 5.59. The van der Waals surface area contributed by atoms with Gasteiger partial charge in [0, 0.05) is 25.7 Å². The van der Waals surface area contributed by atoms with Gasteiger partial charge in [0.05, 0.1) is 11.3 Å². The lowest BCUT2D eigenvalue weighted by Gasteiger charge is -2.34. The molecule has 0 aromatic heterocycles. The van der Waals surface area contributed by atoms with Gasteiger partial charge >= 0.3 is 0 Å². The average molecular weight is 219 g/mol. The van der Waals surface area contributed by atoms with Crippen molar-refractivity contribution >= 4 is 5.69 Å². The maximum atomic E-state index is 13.0. The fourth-order valence-electron chi connectivity index (χ4n) is 2.02. The molecule has 0 radical (unpaired) electrons. The lowest BCUT2D eigenvalue weighted by atomic mass is 10.1. The van der Waals surface area contributed by atoms with Crippen molar-refractivity contribution in [2.75, 3.05) is 24.5 Å². The number of hydrogen-bond donors (Lipinski definition) is 1. The van der Waals surface area contributed by atoms with Crippen LogP contribution in [0.3, 0.4) is 0 Å². The fraction of sp³-hybridized carbons (Fsp3) is 0.417. The molecule has 1 N–H and O–H groups in total. The van der Waals surface area contributed by atoms with Crippen molar-refractivity contribution in [3.05, 3.63) is 29.6 Å². The Labute approximate surface area is 94.5 Å². The zero-order valence-electron chi connectivity index (χ0n) is 9.20. The van der Waals surface area contributed by atoms with Crippen molar-refractivity contribution in [3.8, 4) is 6.07 Å². The number of anilines is 1. The van der Waals surface area contributed by atoms with Gasteiger partial charge in [-0.15, -0.1) is 0 Å². The predicted molar refractivity (Wildman–Crippen MR) is 60.8 cm³/mol. The van der Waals surface area contributed by atoms with E-state index in [0.29, 0.717) is 11.6 Å². The highest BCUT2D eigenvalue weighted by atomic mass is 19.1. The van der Waals surface area contributed by atoms with E-state index >= 15 is 0 Å². The van der Waals surface area contributed by atoms with Crippen LogP contribution in [-0.2, 0) is 0 Å². The molecule has 1 atom stereocenters. The third-order valence-corrected chi connectivity index (χ3v) is 2.79. The lowest BCUT2D eigenvalue weighted by molar-refractivity contribution is 0.484. The molecule has 0 aliphatic carbocycles. The lowest BCUT2D eigenvalue weighted by Crippen LogP contribution is -2.49. The normalized spacial score (nSPS) is 20.6. The number of nitrogens with zero attached hydrogens (tertiary/aromatic N) is 2. The molecule has 1 aliphatic heterocycles. The Kier molecular flexibility index (Phi) is 3.07. The second kappa shape index (κ2) is 4.50. The molecule has 3 nitrogen and oxygen atoms in total. The molecule has 4 heteroatoms. The summed E-state index contributed by atoms with van der Waals surface area (Å²) in [5.41, 5.74) is 1.24. The van der Waals surface area contributed by atoms with Gasteiger partial charge in [-0.3, -0.25) is 0 Å². The molecule has 0 amide bonds. The first-order valence-corrected chi connectivity index (χ1v) is 5.38. The zero-order chi connectivity index (χ0) is 11.5. The monoisotopic (exact) mass is 219 g/mol. The highest BCUT2D eigenvalue weighted by Crippen LogP contribution is 2.22. The molecule has 0 spiro atoms. The first kappa shape index (κ1) is 10.9. The van der Waals surface area contributed by atoms with Gasteiger partial charge in [-0.25, -0.2) is 4.39 Å². The van der Waals surface area contributed by atoms with Crippen LogP contribution in [-0.4, -0.2) is 25.7 Å². The zero-order valence-corrected chi connectivity index (χ0v) is 9.20. The fourth-order valence-corrected chi connectivity index (χ4v) is 2.02. The molecule has 1 aromatic carbocycles. The minimum Gasteiger partial charge on any atom is -0.368 e. The summed E-state index contributed by atoms with van der Waals surface area (Å²) in [6.45, 7) is 4.69. The maximum Gasteiger partial charge on any atom is 0.124 e. The Morgan fingerprint density at radius 1 is 1.56 bits per heavy atom. The minimum absolute atomic E-state index is 0.358. The topological polar surface area (TPSA) is 39.1 Å². The number of nitrogens with one attached hydrogen (secondary N) is 1. The summed E-state index contributed by atoms with van der Waals surface area (Å²) in [6.07, 6.45) is 0. The van der Waals surface area contributed by atoms with E-state index in [1.54, 1.807) is 6.07 Å². The number of piperazine rings is 1. The van der Waals surface area contributed by atoms with E-state index in [1.165, 1.54) is 12.1 Å². The van der Waals surface area contributed by atoms with Gasteiger partial charge in [0.25, 0.3) is 0 Å². The molecule has 0 saturated carbocycles. The molecule has 1 heterocycles. The summed E-state index contributed by atoms with van der Waals surface area (Å²) >= 11 is 0. The summed E-state index contributed by atoms with van der Waals surface area (Å²) < 4.78 is 13.0. The Morgan fingerprint density at radius 2 is 2.38 bits per heavy atom. The van der Waals surface area contributed by atoms with Crippen molar-refractivity contribution in [1.29, 1.82) is 5.26 Å². The van der Waals surface area contributed by atoms with Gasteiger partial charge in [-0.05, 0) is 25.1 Å². The second-order valence-electron chi connectivity index (χ2n) is 4.07. The van der Waals surface area contributed by atoms with E-state index in [9.17, 15) is 4.39 Å². The van der Waals surface area contributed by atoms with Crippen molar-refractivity contribution in [2.45, 2.75) is 13.0 Å². The molecule has 16 heavy (non-hydrogen) atoms. The molecular weight excluding hydrogens is 205 g/mol. The molecular formula is C12H14FN3. The first-order valence-electron chi connectivity index (χ1n) is 5.38. The predicted octanol–water partition coefficient (Wildman–Crippen LogP) is 1.50. The molecule has 1 aliphatic rings. The van der Waals surface area contributed by atoms with E-state index < -0.39 is 0 Å². The summed E-state index contributed by atoms with van der Waals surface area (Å²) in [4.78, 5) is 2.12. The van der Waals surface area contributed by atoms with Gasteiger partial charge in [0.1, 0.15) is 11.9 Å². The summed E-state index contributed by atoms with van der Waals surface area (Å²) in [6, 6.07) is 6.83. The standard InChI is InChI=1S/C12H14FN3/c1-9-8-16(5-4-15-9)12-3-2-11(13)6-10(12)7-14/h2-3,6,9,15H,4-5,8H2,1H3/t9-/m0/s1. The average Bonchev–Trinajstić information content (AvgIpc) is 2.28. The van der Waals surface area contributed by atoms with Gasteiger partial charge in [-0.1, -0.05) is 0 Å². The SMILES string of the molecule is C[C@H]1CN(c2ccc(F)cc2C#N)CCN1. The largest absolute Gasteiger partial charge is 0.368 e. The highest BCUT2D eigenvalue weighted by Gasteiger charge is 2.18. The van der Waals surface area contributed by atoms with Crippen LogP contribution in [0.2, 0.25) is 0 Å². The van der Waals surface area contributed by atoms with Crippen LogP contribution in [0.25, 0.3) is 0 Å². The van der Waals surface area contributed by atoms with Crippen LogP contribution in [0, 0.1) is 17.1 Å². The molecule has 1 aromatic rings. The van der Waals surface area contributed by atoms with Gasteiger partial charge < -0.3 is 10.2 Å². The van der Waals surface area contributed by atoms with Crippen molar-refractivity contribution in [3.63, 3.8) is 0 Å². The van der Waals surface area contributed by atoms with Crippen LogP contribution < -0.4 is 10.2 Å². The Hall–Kier alpha value is -1.60. The number of nitriles is 1. The summed E-state index contributed by atoms with van der Waals surface area (Å²) in [5.74, 6) is -0.358. The van der Waals surface area contributed by atoms with Crippen molar-refractivity contribution in [2.24, 2.45) is 0 Å². The number of halogens is 1. The number of rotatable bonds is 1. The smallest absolute Gasteiger partial charge is 0.124 e. The molecule has 84 valence electrons. The van der Waals surface area contributed by atoms with Crippen LogP contribution >= 0.6 is 0 Å². The van der Waals surface area contributed by atoms with Gasteiger partial charge in [0.2, 0.25) is 0 Å². The minimum atomic E-state index is -0.358. The second-order valence-corrected chi connectivity index (χ2v) is 4.07. The number of hydrogen-bond acceptors (Lipinski definition) is 3. The van der Waals surface area contributed by atoms with Crippen LogP contribution in [0.5, 0.6) is 0 Å². The Balaban J connectivity index is 2.29. The van der Waals surface area contributed by atoms with Crippen molar-refractivity contribution in [1.82, 2.24) is 5.32 Å². The number of benzene rings is 1. The van der Waals surface area contributed by atoms with E-state index in [2.05, 4.69) is 17.1 Å². The van der Waals surface area contributed by atoms with E-state index in [-0.39, 0.29) is 5.82 Å². The quantitative estimate of drug-likeness (QED) is 0.778. The molecule has 0 unspecified atom stereocenters. The van der Waals surface area contributed by atoms with Crippen LogP contribution in [0.4, 0.5) is 10.1 Å². The van der Waals surface area contributed by atoms with E-state index in [1.807, 2.05) is 6.07 Å². The first-order chi connectivity index (χ1) is 7.70. The van der Waals surface area contributed by atoms with Crippen LogP contribution in [0.1, 0.15) is 12.5 Å². The van der Waals surface area contributed by atoms with Gasteiger partial charge in [-0.2, -0.15) is 5.26 Å². The molecule has 1 fully saturated rings.